The number of halogens is 2. The lowest BCUT2D eigenvalue weighted by Crippen LogP contribution is -2.22. The highest BCUT2D eigenvalue weighted by atomic mass is 35.5. The predicted octanol–water partition coefficient (Wildman–Crippen LogP) is 4.36. The van der Waals surface area contributed by atoms with Crippen molar-refractivity contribution in [3.8, 4) is 0 Å². The lowest BCUT2D eigenvalue weighted by Gasteiger charge is -2.11. The summed E-state index contributed by atoms with van der Waals surface area (Å²) in [4.78, 5) is 23.9. The van der Waals surface area contributed by atoms with Crippen LogP contribution in [0.15, 0.2) is 41.7 Å². The van der Waals surface area contributed by atoms with Crippen LogP contribution in [0.1, 0.15) is 24.2 Å². The molecule has 1 aromatic carbocycles. The standard InChI is InChI=1S/C17H14Cl2N4O2S/c1-9(24)11-4-3-5-13(6-11)20-16(25)10(2)26-17-22-21-15-14(19)7-12(18)8-23(15)17/h3-8,10H,1-2H3,(H,20,25). The minimum atomic E-state index is -0.457. The molecule has 0 bridgehead atoms. The fraction of sp³-hybridized carbons (Fsp3) is 0.176. The SMILES string of the molecule is CC(=O)c1cccc(NC(=O)C(C)Sc2nnc3c(Cl)cc(Cl)cn23)c1. The highest BCUT2D eigenvalue weighted by Gasteiger charge is 2.19. The Hall–Kier alpha value is -2.09. The van der Waals surface area contributed by atoms with Crippen LogP contribution in [-0.4, -0.2) is 31.5 Å². The van der Waals surface area contributed by atoms with E-state index in [0.29, 0.717) is 32.1 Å². The van der Waals surface area contributed by atoms with Crippen LogP contribution in [0.4, 0.5) is 5.69 Å². The molecule has 0 fully saturated rings. The smallest absolute Gasteiger partial charge is 0.237 e. The summed E-state index contributed by atoms with van der Waals surface area (Å²) >= 11 is 13.3. The van der Waals surface area contributed by atoms with Gasteiger partial charge in [-0.15, -0.1) is 10.2 Å². The van der Waals surface area contributed by atoms with Crippen molar-refractivity contribution >= 4 is 58.0 Å². The molecule has 26 heavy (non-hydrogen) atoms. The molecule has 2 aromatic heterocycles. The summed E-state index contributed by atoms with van der Waals surface area (Å²) in [6, 6.07) is 8.38. The van der Waals surface area contributed by atoms with Crippen LogP contribution >= 0.6 is 35.0 Å². The summed E-state index contributed by atoms with van der Waals surface area (Å²) in [6.07, 6.45) is 1.64. The van der Waals surface area contributed by atoms with Crippen molar-refractivity contribution in [3.05, 3.63) is 52.1 Å². The average Bonchev–Trinajstić information content (AvgIpc) is 2.98. The van der Waals surface area contributed by atoms with Crippen LogP contribution in [0.5, 0.6) is 0 Å². The maximum Gasteiger partial charge on any atom is 0.237 e. The number of ketones is 1. The van der Waals surface area contributed by atoms with Gasteiger partial charge in [0.1, 0.15) is 0 Å². The van der Waals surface area contributed by atoms with E-state index >= 15 is 0 Å². The lowest BCUT2D eigenvalue weighted by molar-refractivity contribution is -0.115. The normalized spacial score (nSPS) is 12.2. The van der Waals surface area contributed by atoms with Gasteiger partial charge in [-0.1, -0.05) is 47.1 Å². The van der Waals surface area contributed by atoms with Gasteiger partial charge in [0.05, 0.1) is 15.3 Å². The number of anilines is 1. The highest BCUT2D eigenvalue weighted by Crippen LogP contribution is 2.28. The maximum atomic E-state index is 12.5. The van der Waals surface area contributed by atoms with E-state index in [4.69, 9.17) is 23.2 Å². The number of amides is 1. The van der Waals surface area contributed by atoms with Gasteiger partial charge in [-0.2, -0.15) is 0 Å². The van der Waals surface area contributed by atoms with Gasteiger partial charge in [0.25, 0.3) is 0 Å². The van der Waals surface area contributed by atoms with E-state index < -0.39 is 5.25 Å². The van der Waals surface area contributed by atoms with Crippen LogP contribution in [0.2, 0.25) is 10.0 Å². The number of carbonyl (C=O) groups excluding carboxylic acids is 2. The van der Waals surface area contributed by atoms with E-state index in [0.717, 1.165) is 0 Å². The van der Waals surface area contributed by atoms with Crippen LogP contribution in [-0.2, 0) is 4.79 Å². The molecule has 0 aliphatic rings. The molecule has 3 rings (SSSR count). The molecular formula is C17H14Cl2N4O2S. The number of Topliss-reactive ketones (excluding diaryl/α,β-unsaturated/α-hetero) is 1. The molecular weight excluding hydrogens is 395 g/mol. The summed E-state index contributed by atoms with van der Waals surface area (Å²) in [5.41, 5.74) is 1.57. The largest absolute Gasteiger partial charge is 0.325 e. The van der Waals surface area contributed by atoms with Crippen molar-refractivity contribution in [1.29, 1.82) is 0 Å². The number of nitrogens with zero attached hydrogens (tertiary/aromatic N) is 3. The van der Waals surface area contributed by atoms with E-state index in [1.807, 2.05) is 0 Å². The van der Waals surface area contributed by atoms with Gasteiger partial charge in [0.15, 0.2) is 16.6 Å². The topological polar surface area (TPSA) is 76.4 Å². The van der Waals surface area contributed by atoms with Crippen molar-refractivity contribution in [3.63, 3.8) is 0 Å². The number of nitrogens with one attached hydrogen (secondary N) is 1. The number of carbonyl (C=O) groups is 2. The molecule has 1 unspecified atom stereocenters. The first-order valence-corrected chi connectivity index (χ1v) is 9.27. The third kappa shape index (κ3) is 4.00. The Labute approximate surface area is 163 Å². The molecule has 2 heterocycles. The quantitative estimate of drug-likeness (QED) is 0.501. The van der Waals surface area contributed by atoms with Gasteiger partial charge >= 0.3 is 0 Å². The second kappa shape index (κ2) is 7.65. The van der Waals surface area contributed by atoms with Crippen LogP contribution in [0.25, 0.3) is 5.65 Å². The second-order valence-electron chi connectivity index (χ2n) is 5.57. The summed E-state index contributed by atoms with van der Waals surface area (Å²) < 4.78 is 1.65. The van der Waals surface area contributed by atoms with E-state index in [1.54, 1.807) is 47.9 Å². The van der Waals surface area contributed by atoms with Crippen LogP contribution in [0.3, 0.4) is 0 Å². The molecule has 3 aromatic rings. The highest BCUT2D eigenvalue weighted by molar-refractivity contribution is 8.00. The zero-order valence-corrected chi connectivity index (χ0v) is 16.2. The fourth-order valence-corrected chi connectivity index (χ4v) is 3.59. The first-order valence-electron chi connectivity index (χ1n) is 7.63. The van der Waals surface area contributed by atoms with Gasteiger partial charge in [-0.05, 0) is 32.0 Å². The van der Waals surface area contributed by atoms with E-state index in [-0.39, 0.29) is 11.7 Å². The van der Waals surface area contributed by atoms with Gasteiger partial charge in [0.2, 0.25) is 5.91 Å². The first kappa shape index (κ1) is 18.7. The third-order valence-corrected chi connectivity index (χ3v) is 5.12. The van der Waals surface area contributed by atoms with Crippen molar-refractivity contribution < 1.29 is 9.59 Å². The zero-order valence-electron chi connectivity index (χ0n) is 13.9. The number of fused-ring (bicyclic) bond motifs is 1. The molecule has 1 atom stereocenters. The molecule has 1 N–H and O–H groups in total. The number of benzene rings is 1. The Morgan fingerprint density at radius 2 is 2.00 bits per heavy atom. The van der Waals surface area contributed by atoms with Crippen molar-refractivity contribution in [2.75, 3.05) is 5.32 Å². The predicted molar refractivity (Wildman–Crippen MR) is 103 cm³/mol. The Morgan fingerprint density at radius 1 is 1.23 bits per heavy atom. The minimum absolute atomic E-state index is 0.0628. The molecule has 0 radical (unpaired) electrons. The molecule has 0 saturated carbocycles. The van der Waals surface area contributed by atoms with Gasteiger partial charge in [-0.3, -0.25) is 14.0 Å². The van der Waals surface area contributed by atoms with Crippen molar-refractivity contribution in [2.24, 2.45) is 0 Å². The third-order valence-electron chi connectivity index (χ3n) is 3.58. The van der Waals surface area contributed by atoms with E-state index in [1.165, 1.54) is 18.7 Å². The maximum absolute atomic E-state index is 12.5. The molecule has 1 amide bonds. The van der Waals surface area contributed by atoms with Gasteiger partial charge in [-0.25, -0.2) is 0 Å². The molecule has 134 valence electrons. The molecule has 6 nitrogen and oxygen atoms in total. The number of rotatable bonds is 5. The number of hydrogen-bond acceptors (Lipinski definition) is 5. The molecule has 0 spiro atoms. The summed E-state index contributed by atoms with van der Waals surface area (Å²) in [5.74, 6) is -0.284. The van der Waals surface area contributed by atoms with Gasteiger partial charge in [0, 0.05) is 17.4 Å². The molecule has 9 heteroatoms. The Balaban J connectivity index is 1.76. The molecule has 0 saturated heterocycles. The Bertz CT molecular complexity index is 1010. The Kier molecular flexibility index (Phi) is 5.50. The summed E-state index contributed by atoms with van der Waals surface area (Å²) in [6.45, 7) is 3.23. The molecule has 0 aliphatic heterocycles. The van der Waals surface area contributed by atoms with Crippen LogP contribution in [0, 0.1) is 0 Å². The number of thioether (sulfide) groups is 1. The monoisotopic (exact) mass is 408 g/mol. The van der Waals surface area contributed by atoms with Gasteiger partial charge < -0.3 is 5.32 Å². The average molecular weight is 409 g/mol. The second-order valence-corrected chi connectivity index (χ2v) is 7.72. The fourth-order valence-electron chi connectivity index (χ4n) is 2.25. The first-order chi connectivity index (χ1) is 12.3. The molecule has 0 aliphatic carbocycles. The van der Waals surface area contributed by atoms with Crippen molar-refractivity contribution in [1.82, 2.24) is 14.6 Å². The summed E-state index contributed by atoms with van der Waals surface area (Å²) in [7, 11) is 0. The number of pyridine rings is 1. The van der Waals surface area contributed by atoms with E-state index in [9.17, 15) is 9.59 Å². The zero-order chi connectivity index (χ0) is 18.8. The Morgan fingerprint density at radius 3 is 2.73 bits per heavy atom. The number of hydrogen-bond donors (Lipinski definition) is 1. The van der Waals surface area contributed by atoms with Crippen LogP contribution < -0.4 is 5.32 Å². The van der Waals surface area contributed by atoms with Crippen molar-refractivity contribution in [2.45, 2.75) is 24.3 Å². The van der Waals surface area contributed by atoms with E-state index in [2.05, 4.69) is 15.5 Å². The number of aromatic nitrogens is 3. The minimum Gasteiger partial charge on any atom is -0.325 e. The lowest BCUT2D eigenvalue weighted by atomic mass is 10.1. The summed E-state index contributed by atoms with van der Waals surface area (Å²) in [5, 5.41) is 11.8.